The molecule has 3 amide bonds. The molecule has 12 heteroatoms. The van der Waals surface area contributed by atoms with Crippen LogP contribution in [0.15, 0.2) is 17.3 Å². The number of thioether (sulfide) groups is 2. The molecule has 6 nitrogen and oxygen atoms in total. The highest BCUT2D eigenvalue weighted by Gasteiger charge is 2.32. The summed E-state index contributed by atoms with van der Waals surface area (Å²) in [6, 6.07) is 0.747. The molecule has 1 aliphatic rings. The zero-order valence-electron chi connectivity index (χ0n) is 12.4. The quantitative estimate of drug-likeness (QED) is 0.722. The Balaban J connectivity index is 1.78. The number of rotatable bonds is 6. The predicted molar refractivity (Wildman–Crippen MR) is 87.5 cm³/mol. The standard InChI is InChI=1S/C13H11ClF3N3O3S2/c14-8-3-7(13(15,16)17)4-19-11(8)24-5-9(21)18-1-2-20-10(22)6-25-12(20)23/h3-4H,1-2,5-6H2,(H,18,21). The molecule has 136 valence electrons. The lowest BCUT2D eigenvalue weighted by molar-refractivity contribution is -0.138. The van der Waals surface area contributed by atoms with E-state index in [1.54, 1.807) is 0 Å². The molecule has 1 aromatic heterocycles. The van der Waals surface area contributed by atoms with Gasteiger partial charge in [0.1, 0.15) is 5.03 Å². The fourth-order valence-electron chi connectivity index (χ4n) is 1.78. The van der Waals surface area contributed by atoms with Crippen molar-refractivity contribution >= 4 is 52.2 Å². The Bertz CT molecular complexity index is 687. The van der Waals surface area contributed by atoms with Crippen molar-refractivity contribution in [3.8, 4) is 0 Å². The second-order valence-corrected chi connectivity index (χ2v) is 7.05. The van der Waals surface area contributed by atoms with Crippen LogP contribution in [0.5, 0.6) is 0 Å². The summed E-state index contributed by atoms with van der Waals surface area (Å²) in [7, 11) is 0. The molecule has 1 aromatic rings. The predicted octanol–water partition coefficient (Wildman–Crippen LogP) is 2.66. The highest BCUT2D eigenvalue weighted by Crippen LogP contribution is 2.33. The van der Waals surface area contributed by atoms with E-state index in [9.17, 15) is 27.6 Å². The third-order valence-electron chi connectivity index (χ3n) is 2.97. The molecule has 1 fully saturated rings. The first-order valence-electron chi connectivity index (χ1n) is 6.78. The third kappa shape index (κ3) is 5.51. The van der Waals surface area contributed by atoms with Gasteiger partial charge in [-0.25, -0.2) is 4.98 Å². The first-order chi connectivity index (χ1) is 11.7. The van der Waals surface area contributed by atoms with Gasteiger partial charge < -0.3 is 5.32 Å². The highest BCUT2D eigenvalue weighted by molar-refractivity contribution is 8.14. The molecule has 25 heavy (non-hydrogen) atoms. The van der Waals surface area contributed by atoms with Crippen LogP contribution in [-0.2, 0) is 15.8 Å². The van der Waals surface area contributed by atoms with Crippen molar-refractivity contribution < 1.29 is 27.6 Å². The smallest absolute Gasteiger partial charge is 0.354 e. The van der Waals surface area contributed by atoms with Gasteiger partial charge in [0.05, 0.1) is 22.1 Å². The maximum absolute atomic E-state index is 12.5. The lowest BCUT2D eigenvalue weighted by Gasteiger charge is -2.13. The first-order valence-corrected chi connectivity index (χ1v) is 9.12. The second-order valence-electron chi connectivity index (χ2n) is 4.75. The van der Waals surface area contributed by atoms with E-state index in [0.29, 0.717) is 6.20 Å². The van der Waals surface area contributed by atoms with Crippen molar-refractivity contribution in [1.82, 2.24) is 15.2 Å². The number of nitrogens with one attached hydrogen (secondary N) is 1. The Kier molecular flexibility index (Phi) is 6.58. The van der Waals surface area contributed by atoms with Gasteiger partial charge in [0, 0.05) is 19.3 Å². The summed E-state index contributed by atoms with van der Waals surface area (Å²) in [5.74, 6) is -0.746. The van der Waals surface area contributed by atoms with Crippen LogP contribution in [0.4, 0.5) is 18.0 Å². The summed E-state index contributed by atoms with van der Waals surface area (Å²) in [4.78, 5) is 39.1. The van der Waals surface area contributed by atoms with E-state index in [4.69, 9.17) is 11.6 Å². The average molecular weight is 414 g/mol. The van der Waals surface area contributed by atoms with E-state index in [-0.39, 0.29) is 45.8 Å². The van der Waals surface area contributed by atoms with Crippen molar-refractivity contribution in [3.05, 3.63) is 22.8 Å². The molecule has 0 aliphatic carbocycles. The summed E-state index contributed by atoms with van der Waals surface area (Å²) in [5.41, 5.74) is -0.968. The number of amides is 3. The average Bonchev–Trinajstić information content (AvgIpc) is 2.84. The number of carbonyl (C=O) groups excluding carboxylic acids is 3. The van der Waals surface area contributed by atoms with Crippen molar-refractivity contribution in [3.63, 3.8) is 0 Å². The van der Waals surface area contributed by atoms with E-state index < -0.39 is 17.6 Å². The van der Waals surface area contributed by atoms with Crippen molar-refractivity contribution in [1.29, 1.82) is 0 Å². The second kappa shape index (κ2) is 8.28. The molecule has 0 unspecified atom stereocenters. The maximum atomic E-state index is 12.5. The fourth-order valence-corrected chi connectivity index (χ4v) is 3.55. The van der Waals surface area contributed by atoms with Gasteiger partial charge in [-0.3, -0.25) is 19.3 Å². The zero-order valence-corrected chi connectivity index (χ0v) is 14.8. The number of aromatic nitrogens is 1. The minimum absolute atomic E-state index is 0.0698. The van der Waals surface area contributed by atoms with E-state index >= 15 is 0 Å². The summed E-state index contributed by atoms with van der Waals surface area (Å²) in [6.07, 6.45) is -3.89. The molecule has 1 aliphatic heterocycles. The van der Waals surface area contributed by atoms with Crippen LogP contribution in [0.1, 0.15) is 5.56 Å². The van der Waals surface area contributed by atoms with Gasteiger partial charge in [0.15, 0.2) is 0 Å². The normalized spacial score (nSPS) is 15.0. The number of hydrogen-bond acceptors (Lipinski definition) is 6. The molecular formula is C13H11ClF3N3O3S2. The number of hydrogen-bond donors (Lipinski definition) is 1. The Morgan fingerprint density at radius 3 is 2.72 bits per heavy atom. The summed E-state index contributed by atoms with van der Waals surface area (Å²) in [5, 5.41) is 2.06. The van der Waals surface area contributed by atoms with Crippen molar-refractivity contribution in [2.75, 3.05) is 24.6 Å². The van der Waals surface area contributed by atoms with Gasteiger partial charge in [-0.2, -0.15) is 13.2 Å². The van der Waals surface area contributed by atoms with Gasteiger partial charge >= 0.3 is 6.18 Å². The Morgan fingerprint density at radius 1 is 1.44 bits per heavy atom. The van der Waals surface area contributed by atoms with E-state index in [1.807, 2.05) is 0 Å². The van der Waals surface area contributed by atoms with Gasteiger partial charge in [-0.1, -0.05) is 35.1 Å². The SMILES string of the molecule is O=C(CSc1ncc(C(F)(F)F)cc1Cl)NCCN1C(=O)CSC1=O. The number of halogens is 4. The largest absolute Gasteiger partial charge is 0.417 e. The molecule has 0 radical (unpaired) electrons. The number of alkyl halides is 3. The third-order valence-corrected chi connectivity index (χ3v) is 5.24. The summed E-state index contributed by atoms with van der Waals surface area (Å²) >= 11 is 7.53. The maximum Gasteiger partial charge on any atom is 0.417 e. The number of carbonyl (C=O) groups is 3. The van der Waals surface area contributed by atoms with Gasteiger partial charge in [0.2, 0.25) is 11.8 Å². The number of imide groups is 1. The summed E-state index contributed by atoms with van der Waals surface area (Å²) in [6.45, 7) is 0.159. The molecule has 0 spiro atoms. The lowest BCUT2D eigenvalue weighted by atomic mass is 10.3. The summed E-state index contributed by atoms with van der Waals surface area (Å²) < 4.78 is 37.5. The first kappa shape index (κ1) is 19.9. The lowest BCUT2D eigenvalue weighted by Crippen LogP contribution is -2.38. The van der Waals surface area contributed by atoms with Crippen molar-refractivity contribution in [2.24, 2.45) is 0 Å². The van der Waals surface area contributed by atoms with Crippen LogP contribution in [0.2, 0.25) is 5.02 Å². The topological polar surface area (TPSA) is 79.4 Å². The van der Waals surface area contributed by atoms with Gasteiger partial charge in [0.25, 0.3) is 5.24 Å². The monoisotopic (exact) mass is 413 g/mol. The molecule has 1 N–H and O–H groups in total. The van der Waals surface area contributed by atoms with Crippen LogP contribution in [0, 0.1) is 0 Å². The number of nitrogens with zero attached hydrogens (tertiary/aromatic N) is 2. The fraction of sp³-hybridized carbons (Fsp3) is 0.385. The molecule has 1 saturated heterocycles. The van der Waals surface area contributed by atoms with Gasteiger partial charge in [-0.15, -0.1) is 0 Å². The van der Waals surface area contributed by atoms with Crippen LogP contribution >= 0.6 is 35.1 Å². The Morgan fingerprint density at radius 2 is 2.16 bits per heavy atom. The zero-order chi connectivity index (χ0) is 18.6. The van der Waals surface area contributed by atoms with Crippen LogP contribution in [-0.4, -0.2) is 51.5 Å². The molecule has 0 atom stereocenters. The van der Waals surface area contributed by atoms with Crippen LogP contribution < -0.4 is 5.32 Å². The minimum atomic E-state index is -4.54. The molecule has 2 rings (SSSR count). The molecular weight excluding hydrogens is 403 g/mol. The molecule has 0 aromatic carbocycles. The van der Waals surface area contributed by atoms with E-state index in [0.717, 1.165) is 34.5 Å². The Labute approximate surface area is 153 Å². The Hall–Kier alpha value is -1.46. The van der Waals surface area contributed by atoms with Crippen LogP contribution in [0.3, 0.4) is 0 Å². The van der Waals surface area contributed by atoms with E-state index in [2.05, 4.69) is 10.3 Å². The van der Waals surface area contributed by atoms with E-state index in [1.165, 1.54) is 0 Å². The molecule has 2 heterocycles. The number of pyridine rings is 1. The van der Waals surface area contributed by atoms with Gasteiger partial charge in [-0.05, 0) is 6.07 Å². The van der Waals surface area contributed by atoms with Crippen LogP contribution in [0.25, 0.3) is 0 Å². The molecule has 0 bridgehead atoms. The van der Waals surface area contributed by atoms with Crippen molar-refractivity contribution in [2.45, 2.75) is 11.2 Å². The highest BCUT2D eigenvalue weighted by atomic mass is 35.5. The molecule has 0 saturated carbocycles. The minimum Gasteiger partial charge on any atom is -0.354 e.